The summed E-state index contributed by atoms with van der Waals surface area (Å²) >= 11 is 0. The highest BCUT2D eigenvalue weighted by Gasteiger charge is 2.46. The number of hydrogen-bond acceptors (Lipinski definition) is 7. The quantitative estimate of drug-likeness (QED) is 0.281. The lowest BCUT2D eigenvalue weighted by Gasteiger charge is -2.25. The predicted molar refractivity (Wildman–Crippen MR) is 140 cm³/mol. The number of pyridine rings is 1. The molecule has 0 aliphatic carbocycles. The number of ketones is 1. The Morgan fingerprint density at radius 3 is 2.32 bits per heavy atom. The molecule has 10 heteroatoms. The maximum absolute atomic E-state index is 13.3. The number of aromatic nitrogens is 1. The molecular formula is C28H27N3O6S. The Labute approximate surface area is 221 Å². The highest BCUT2D eigenvalue weighted by atomic mass is 32.2. The van der Waals surface area contributed by atoms with Crippen LogP contribution in [0.4, 0.5) is 0 Å². The minimum Gasteiger partial charge on any atom is -0.507 e. The molecule has 5 rings (SSSR count). The Balaban J connectivity index is 1.56. The SMILES string of the molecule is COc1ccc(C2/C(=C(\O)c3ccc(S(=O)(=O)N4CCCC4)cc3)C(=O)C(=O)N2Cc2cccnc2)cc1. The van der Waals surface area contributed by atoms with Gasteiger partial charge in [0.2, 0.25) is 10.0 Å². The van der Waals surface area contributed by atoms with Gasteiger partial charge >= 0.3 is 0 Å². The van der Waals surface area contributed by atoms with Crippen LogP contribution in [0.1, 0.15) is 35.6 Å². The molecule has 1 atom stereocenters. The zero-order chi connectivity index (χ0) is 26.9. The molecule has 3 aromatic rings. The average molecular weight is 534 g/mol. The molecule has 0 radical (unpaired) electrons. The molecule has 0 saturated carbocycles. The van der Waals surface area contributed by atoms with Crippen LogP contribution in [0.2, 0.25) is 0 Å². The van der Waals surface area contributed by atoms with Crippen molar-refractivity contribution in [3.63, 3.8) is 0 Å². The van der Waals surface area contributed by atoms with E-state index in [9.17, 15) is 23.1 Å². The van der Waals surface area contributed by atoms with Gasteiger partial charge < -0.3 is 14.7 Å². The normalized spacial score (nSPS) is 19.7. The summed E-state index contributed by atoms with van der Waals surface area (Å²) in [5, 5.41) is 11.3. The van der Waals surface area contributed by atoms with Crippen molar-refractivity contribution >= 4 is 27.5 Å². The van der Waals surface area contributed by atoms with Gasteiger partial charge in [0, 0.05) is 37.6 Å². The molecule has 0 spiro atoms. The molecule has 1 amide bonds. The zero-order valence-corrected chi connectivity index (χ0v) is 21.6. The fourth-order valence-corrected chi connectivity index (χ4v) is 6.40. The predicted octanol–water partition coefficient (Wildman–Crippen LogP) is 3.50. The van der Waals surface area contributed by atoms with Crippen molar-refractivity contribution in [2.75, 3.05) is 20.2 Å². The van der Waals surface area contributed by atoms with E-state index in [0.29, 0.717) is 24.4 Å². The van der Waals surface area contributed by atoms with Crippen molar-refractivity contribution in [1.29, 1.82) is 0 Å². The van der Waals surface area contributed by atoms with Crippen LogP contribution in [0.3, 0.4) is 0 Å². The summed E-state index contributed by atoms with van der Waals surface area (Å²) in [6.07, 6.45) is 4.88. The smallest absolute Gasteiger partial charge is 0.295 e. The minimum atomic E-state index is -3.63. The lowest BCUT2D eigenvalue weighted by molar-refractivity contribution is -0.140. The second kappa shape index (κ2) is 10.4. The Bertz CT molecular complexity index is 1480. The van der Waals surface area contributed by atoms with Gasteiger partial charge in [-0.15, -0.1) is 0 Å². The van der Waals surface area contributed by atoms with Crippen LogP contribution in [0.15, 0.2) is 83.5 Å². The molecule has 2 fully saturated rings. The third kappa shape index (κ3) is 4.68. The van der Waals surface area contributed by atoms with E-state index >= 15 is 0 Å². The molecule has 38 heavy (non-hydrogen) atoms. The molecule has 2 saturated heterocycles. The van der Waals surface area contributed by atoms with E-state index in [2.05, 4.69) is 4.98 Å². The molecule has 2 aromatic carbocycles. The van der Waals surface area contributed by atoms with Gasteiger partial charge in [-0.2, -0.15) is 4.31 Å². The van der Waals surface area contributed by atoms with Crippen molar-refractivity contribution in [3.05, 3.63) is 95.3 Å². The van der Waals surface area contributed by atoms with Crippen LogP contribution in [0, 0.1) is 0 Å². The number of likely N-dealkylation sites (tertiary alicyclic amines) is 1. The number of aliphatic hydroxyl groups is 1. The van der Waals surface area contributed by atoms with Crippen molar-refractivity contribution in [2.24, 2.45) is 0 Å². The van der Waals surface area contributed by atoms with Gasteiger partial charge in [-0.05, 0) is 66.4 Å². The van der Waals surface area contributed by atoms with Gasteiger partial charge in [0.1, 0.15) is 11.5 Å². The third-order valence-electron chi connectivity index (χ3n) is 6.88. The maximum Gasteiger partial charge on any atom is 0.295 e. The van der Waals surface area contributed by atoms with Gasteiger partial charge in [0.15, 0.2) is 0 Å². The highest BCUT2D eigenvalue weighted by Crippen LogP contribution is 2.40. The van der Waals surface area contributed by atoms with Crippen LogP contribution in [0.5, 0.6) is 5.75 Å². The number of carbonyl (C=O) groups is 2. The van der Waals surface area contributed by atoms with Crippen LogP contribution >= 0.6 is 0 Å². The van der Waals surface area contributed by atoms with E-state index in [4.69, 9.17) is 4.74 Å². The summed E-state index contributed by atoms with van der Waals surface area (Å²) in [6.45, 7) is 1.07. The Morgan fingerprint density at radius 1 is 1.03 bits per heavy atom. The standard InChI is InChI=1S/C28H27N3O6S/c1-37-22-10-6-20(7-11-22)25-24(27(33)28(34)31(25)18-19-5-4-14-29-17-19)26(32)21-8-12-23(13-9-21)38(35,36)30-15-2-3-16-30/h4-14,17,25,32H,2-3,15-16,18H2,1H3/b26-24+. The van der Waals surface area contributed by atoms with E-state index < -0.39 is 27.8 Å². The summed E-state index contributed by atoms with van der Waals surface area (Å²) < 4.78 is 32.5. The first-order valence-corrected chi connectivity index (χ1v) is 13.7. The van der Waals surface area contributed by atoms with E-state index in [1.165, 1.54) is 40.6 Å². The number of methoxy groups -OCH3 is 1. The van der Waals surface area contributed by atoms with Crippen molar-refractivity contribution < 1.29 is 27.9 Å². The number of ether oxygens (including phenoxy) is 1. The van der Waals surface area contributed by atoms with Gasteiger partial charge in [-0.25, -0.2) is 8.42 Å². The van der Waals surface area contributed by atoms with E-state index in [0.717, 1.165) is 18.4 Å². The lowest BCUT2D eigenvalue weighted by atomic mass is 9.95. The van der Waals surface area contributed by atoms with Crippen LogP contribution in [-0.4, -0.2) is 59.6 Å². The fraction of sp³-hybridized carbons (Fsp3) is 0.250. The average Bonchev–Trinajstić information content (AvgIpc) is 3.58. The van der Waals surface area contributed by atoms with Crippen LogP contribution in [-0.2, 0) is 26.2 Å². The number of nitrogens with zero attached hydrogens (tertiary/aromatic N) is 3. The van der Waals surface area contributed by atoms with Crippen LogP contribution in [0.25, 0.3) is 5.76 Å². The Hall–Kier alpha value is -4.02. The van der Waals surface area contributed by atoms with E-state index in [1.807, 2.05) is 0 Å². The maximum atomic E-state index is 13.3. The number of sulfonamides is 1. The van der Waals surface area contributed by atoms with Gasteiger partial charge in [-0.1, -0.05) is 18.2 Å². The van der Waals surface area contributed by atoms with Gasteiger partial charge in [-0.3, -0.25) is 14.6 Å². The van der Waals surface area contributed by atoms with E-state index in [1.54, 1.807) is 48.8 Å². The Kier molecular flexibility index (Phi) is 7.00. The number of benzene rings is 2. The molecule has 3 heterocycles. The molecular weight excluding hydrogens is 506 g/mol. The van der Waals surface area contributed by atoms with Gasteiger partial charge in [0.05, 0.1) is 23.6 Å². The number of carbonyl (C=O) groups excluding carboxylic acids is 2. The first-order valence-electron chi connectivity index (χ1n) is 12.2. The number of Topliss-reactive ketones (excluding diaryl/α,β-unsaturated/α-hetero) is 1. The molecule has 1 N–H and O–H groups in total. The highest BCUT2D eigenvalue weighted by molar-refractivity contribution is 7.89. The fourth-order valence-electron chi connectivity index (χ4n) is 4.88. The summed E-state index contributed by atoms with van der Waals surface area (Å²) in [6, 6.07) is 15.3. The molecule has 196 valence electrons. The molecule has 2 aliphatic rings. The van der Waals surface area contributed by atoms with Crippen molar-refractivity contribution in [3.8, 4) is 5.75 Å². The van der Waals surface area contributed by atoms with Crippen molar-refractivity contribution in [2.45, 2.75) is 30.3 Å². The molecule has 9 nitrogen and oxygen atoms in total. The monoisotopic (exact) mass is 533 g/mol. The molecule has 1 aromatic heterocycles. The second-order valence-corrected chi connectivity index (χ2v) is 11.1. The van der Waals surface area contributed by atoms with Gasteiger partial charge in [0.25, 0.3) is 11.7 Å². The second-order valence-electron chi connectivity index (χ2n) is 9.20. The number of amides is 1. The first kappa shape index (κ1) is 25.6. The molecule has 1 unspecified atom stereocenters. The zero-order valence-electron chi connectivity index (χ0n) is 20.8. The summed E-state index contributed by atoms with van der Waals surface area (Å²) in [7, 11) is -2.10. The molecule has 0 bridgehead atoms. The van der Waals surface area contributed by atoms with E-state index in [-0.39, 0.29) is 28.3 Å². The third-order valence-corrected chi connectivity index (χ3v) is 8.79. The lowest BCUT2D eigenvalue weighted by Crippen LogP contribution is -2.29. The number of aliphatic hydroxyl groups excluding tert-OH is 1. The summed E-state index contributed by atoms with van der Waals surface area (Å²) in [5.74, 6) is -1.33. The Morgan fingerprint density at radius 2 is 1.71 bits per heavy atom. The van der Waals surface area contributed by atoms with Crippen molar-refractivity contribution in [1.82, 2.24) is 14.2 Å². The number of hydrogen-bond donors (Lipinski definition) is 1. The first-order chi connectivity index (χ1) is 18.3. The summed E-state index contributed by atoms with van der Waals surface area (Å²) in [5.41, 5.74) is 1.51. The minimum absolute atomic E-state index is 0.0702. The topological polar surface area (TPSA) is 117 Å². The number of rotatable bonds is 7. The summed E-state index contributed by atoms with van der Waals surface area (Å²) in [4.78, 5) is 32.1. The van der Waals surface area contributed by atoms with Crippen LogP contribution < -0.4 is 4.74 Å². The largest absolute Gasteiger partial charge is 0.507 e. The molecule has 2 aliphatic heterocycles.